The zero-order valence-corrected chi connectivity index (χ0v) is 13.3. The minimum absolute atomic E-state index is 0.0572. The van der Waals surface area contributed by atoms with Crippen LogP contribution in [0.1, 0.15) is 16.6 Å². The van der Waals surface area contributed by atoms with Crippen molar-refractivity contribution < 1.29 is 19.7 Å². The lowest BCUT2D eigenvalue weighted by atomic mass is 10.3. The number of thioether (sulfide) groups is 1. The van der Waals surface area contributed by atoms with Crippen LogP contribution in [0.4, 0.5) is 5.82 Å². The molecule has 0 amide bonds. The molecule has 24 heavy (non-hydrogen) atoms. The van der Waals surface area contributed by atoms with Crippen LogP contribution in [0.3, 0.4) is 0 Å². The topological polar surface area (TPSA) is 141 Å². The van der Waals surface area contributed by atoms with E-state index in [1.54, 1.807) is 18.3 Å². The Morgan fingerprint density at radius 2 is 2.29 bits per heavy atom. The molecule has 2 atom stereocenters. The molecule has 0 spiro atoms. The van der Waals surface area contributed by atoms with Gasteiger partial charge in [-0.25, -0.2) is 9.59 Å². The first-order chi connectivity index (χ1) is 11.5. The SMILES string of the molecule is Nc1ccn([C@@H]2CS[C@H](CO)O2)c(=O)n1.O=C(O)c1cccnc1. The summed E-state index contributed by atoms with van der Waals surface area (Å²) in [7, 11) is 0. The number of anilines is 1. The number of aliphatic hydroxyl groups is 1. The number of hydrogen-bond donors (Lipinski definition) is 3. The molecule has 1 aliphatic heterocycles. The number of rotatable bonds is 3. The second-order valence-electron chi connectivity index (χ2n) is 4.63. The number of aromatic carboxylic acids is 1. The summed E-state index contributed by atoms with van der Waals surface area (Å²) in [6.45, 7) is -0.0572. The maximum absolute atomic E-state index is 11.4. The maximum atomic E-state index is 11.4. The fourth-order valence-corrected chi connectivity index (χ4v) is 2.75. The first-order valence-electron chi connectivity index (χ1n) is 6.87. The number of carboxylic acids is 1. The molecule has 1 fully saturated rings. The second kappa shape index (κ2) is 8.43. The number of carbonyl (C=O) groups is 1. The third-order valence-corrected chi connectivity index (χ3v) is 4.06. The molecule has 0 unspecified atom stereocenters. The molecule has 9 nitrogen and oxygen atoms in total. The van der Waals surface area contributed by atoms with Crippen molar-refractivity contribution in [2.75, 3.05) is 18.1 Å². The first kappa shape index (κ1) is 17.9. The number of carboxylic acid groups (broad SMARTS) is 1. The minimum Gasteiger partial charge on any atom is -0.478 e. The van der Waals surface area contributed by atoms with Crippen molar-refractivity contribution in [3.05, 3.63) is 52.8 Å². The standard InChI is InChI=1S/C8H11N3O3S.C6H5NO2/c9-5-1-2-11(8(13)10-5)6-4-15-7(3-12)14-6;8-6(9)5-2-1-3-7-4-5/h1-2,6-7,12H,3-4H2,(H2,9,10,13);1-4H,(H,8,9)/t6-,7+;/m0./s1. The van der Waals surface area contributed by atoms with Gasteiger partial charge in [0.25, 0.3) is 0 Å². The van der Waals surface area contributed by atoms with Gasteiger partial charge in [0.15, 0.2) is 0 Å². The molecule has 0 saturated carbocycles. The molecule has 0 aromatic carbocycles. The lowest BCUT2D eigenvalue weighted by molar-refractivity contribution is -0.00629. The molecule has 10 heteroatoms. The van der Waals surface area contributed by atoms with Gasteiger partial charge in [0.2, 0.25) is 0 Å². The molecule has 0 radical (unpaired) electrons. The first-order valence-corrected chi connectivity index (χ1v) is 7.92. The molecule has 0 aliphatic carbocycles. The van der Waals surface area contributed by atoms with E-state index >= 15 is 0 Å². The molecule has 2 aromatic heterocycles. The highest BCUT2D eigenvalue weighted by molar-refractivity contribution is 8.00. The molecule has 2 aromatic rings. The molecular weight excluding hydrogens is 336 g/mol. The van der Waals surface area contributed by atoms with Gasteiger partial charge in [0, 0.05) is 24.3 Å². The Kier molecular flexibility index (Phi) is 6.29. The fraction of sp³-hybridized carbons (Fsp3) is 0.286. The van der Waals surface area contributed by atoms with Gasteiger partial charge in [0.1, 0.15) is 17.5 Å². The largest absolute Gasteiger partial charge is 0.478 e. The van der Waals surface area contributed by atoms with Gasteiger partial charge in [-0.15, -0.1) is 11.8 Å². The van der Waals surface area contributed by atoms with E-state index in [-0.39, 0.29) is 29.7 Å². The Hall–Kier alpha value is -2.43. The van der Waals surface area contributed by atoms with Gasteiger partial charge in [-0.05, 0) is 18.2 Å². The van der Waals surface area contributed by atoms with E-state index in [0.29, 0.717) is 5.75 Å². The van der Waals surface area contributed by atoms with E-state index in [2.05, 4.69) is 9.97 Å². The van der Waals surface area contributed by atoms with Crippen molar-refractivity contribution in [2.45, 2.75) is 11.7 Å². The molecule has 0 bridgehead atoms. The summed E-state index contributed by atoms with van der Waals surface area (Å²) in [5.41, 5.74) is 4.89. The number of nitrogens with two attached hydrogens (primary N) is 1. The Morgan fingerprint density at radius 3 is 2.79 bits per heavy atom. The van der Waals surface area contributed by atoms with E-state index in [4.69, 9.17) is 20.7 Å². The molecule has 128 valence electrons. The highest BCUT2D eigenvalue weighted by Crippen LogP contribution is 2.30. The van der Waals surface area contributed by atoms with Gasteiger partial charge in [0.05, 0.1) is 12.2 Å². The molecule has 1 saturated heterocycles. The van der Waals surface area contributed by atoms with E-state index < -0.39 is 11.7 Å². The van der Waals surface area contributed by atoms with Crippen molar-refractivity contribution in [1.82, 2.24) is 14.5 Å². The van der Waals surface area contributed by atoms with E-state index in [1.807, 2.05) is 0 Å². The summed E-state index contributed by atoms with van der Waals surface area (Å²) in [6, 6.07) is 4.63. The van der Waals surface area contributed by atoms with Crippen LogP contribution in [0.15, 0.2) is 41.6 Å². The Bertz CT molecular complexity index is 739. The molecule has 1 aliphatic rings. The number of aromatic nitrogens is 3. The van der Waals surface area contributed by atoms with Crippen LogP contribution in [-0.4, -0.2) is 48.5 Å². The number of nitrogens with zero attached hydrogens (tertiary/aromatic N) is 3. The molecule has 3 rings (SSSR count). The van der Waals surface area contributed by atoms with Crippen LogP contribution in [0.2, 0.25) is 0 Å². The van der Waals surface area contributed by atoms with Crippen LogP contribution in [-0.2, 0) is 4.74 Å². The summed E-state index contributed by atoms with van der Waals surface area (Å²) in [5.74, 6) is -0.125. The monoisotopic (exact) mass is 352 g/mol. The highest BCUT2D eigenvalue weighted by atomic mass is 32.2. The smallest absolute Gasteiger partial charge is 0.351 e. The summed E-state index contributed by atoms with van der Waals surface area (Å²) in [4.78, 5) is 28.8. The van der Waals surface area contributed by atoms with Crippen LogP contribution >= 0.6 is 11.8 Å². The van der Waals surface area contributed by atoms with Crippen LogP contribution < -0.4 is 11.4 Å². The van der Waals surface area contributed by atoms with Gasteiger partial charge in [-0.2, -0.15) is 4.98 Å². The lowest BCUT2D eigenvalue weighted by Crippen LogP contribution is -2.28. The van der Waals surface area contributed by atoms with Crippen molar-refractivity contribution in [3.63, 3.8) is 0 Å². The predicted molar refractivity (Wildman–Crippen MR) is 87.6 cm³/mol. The summed E-state index contributed by atoms with van der Waals surface area (Å²) in [6.07, 6.45) is 4.03. The lowest BCUT2D eigenvalue weighted by Gasteiger charge is -2.13. The average Bonchev–Trinajstić information content (AvgIpc) is 3.05. The molecular formula is C14H16N4O5S. The number of nitrogen functional groups attached to an aromatic ring is 1. The highest BCUT2D eigenvalue weighted by Gasteiger charge is 2.27. The van der Waals surface area contributed by atoms with Crippen LogP contribution in [0.5, 0.6) is 0 Å². The van der Waals surface area contributed by atoms with E-state index in [9.17, 15) is 9.59 Å². The van der Waals surface area contributed by atoms with E-state index in [1.165, 1.54) is 34.8 Å². The Labute approximate surface area is 141 Å². The van der Waals surface area contributed by atoms with Gasteiger partial charge < -0.3 is 20.7 Å². The second-order valence-corrected chi connectivity index (χ2v) is 5.82. The van der Waals surface area contributed by atoms with Gasteiger partial charge in [-0.3, -0.25) is 9.55 Å². The van der Waals surface area contributed by atoms with Gasteiger partial charge >= 0.3 is 11.7 Å². The number of pyridine rings is 1. The summed E-state index contributed by atoms with van der Waals surface area (Å²) in [5, 5.41) is 17.2. The van der Waals surface area contributed by atoms with Crippen LogP contribution in [0, 0.1) is 0 Å². The van der Waals surface area contributed by atoms with Gasteiger partial charge in [-0.1, -0.05) is 0 Å². The van der Waals surface area contributed by atoms with Crippen molar-refractivity contribution in [1.29, 1.82) is 0 Å². The normalized spacial score (nSPS) is 19.4. The van der Waals surface area contributed by atoms with Crippen molar-refractivity contribution in [3.8, 4) is 0 Å². The average molecular weight is 352 g/mol. The van der Waals surface area contributed by atoms with Crippen molar-refractivity contribution in [2.24, 2.45) is 0 Å². The number of hydrogen-bond acceptors (Lipinski definition) is 8. The fourth-order valence-electron chi connectivity index (χ4n) is 1.82. The number of aliphatic hydroxyl groups excluding tert-OH is 1. The molecule has 4 N–H and O–H groups in total. The minimum atomic E-state index is -0.942. The quantitative estimate of drug-likeness (QED) is 0.705. The van der Waals surface area contributed by atoms with Crippen molar-refractivity contribution >= 4 is 23.5 Å². The Morgan fingerprint density at radius 1 is 1.50 bits per heavy atom. The zero-order valence-electron chi connectivity index (χ0n) is 12.5. The summed E-state index contributed by atoms with van der Waals surface area (Å²) < 4.78 is 6.79. The maximum Gasteiger partial charge on any atom is 0.351 e. The van der Waals surface area contributed by atoms with E-state index in [0.717, 1.165) is 0 Å². The zero-order chi connectivity index (χ0) is 17.5. The Balaban J connectivity index is 0.000000198. The molecule has 3 heterocycles. The van der Waals surface area contributed by atoms with Crippen LogP contribution in [0.25, 0.3) is 0 Å². The summed E-state index contributed by atoms with van der Waals surface area (Å²) >= 11 is 1.47. The third-order valence-electron chi connectivity index (χ3n) is 2.95. The predicted octanol–water partition coefficient (Wildman–Crippen LogP) is 0.186. The third kappa shape index (κ3) is 4.78. The number of ether oxygens (including phenoxy) is 1.